The van der Waals surface area contributed by atoms with Crippen LogP contribution in [-0.2, 0) is 0 Å². The monoisotopic (exact) mass is 292 g/mol. The van der Waals surface area contributed by atoms with Gasteiger partial charge in [0.25, 0.3) is 0 Å². The third-order valence-corrected chi connectivity index (χ3v) is 3.08. The van der Waals surface area contributed by atoms with Gasteiger partial charge in [0.15, 0.2) is 11.5 Å². The molecular formula is C18H16N2O2. The summed E-state index contributed by atoms with van der Waals surface area (Å²) < 4.78 is 11.5. The van der Waals surface area contributed by atoms with Gasteiger partial charge in [-0.25, -0.2) is 0 Å². The molecule has 0 fully saturated rings. The highest BCUT2D eigenvalue weighted by Crippen LogP contribution is 2.37. The first-order chi connectivity index (χ1) is 10.7. The number of para-hydroxylation sites is 2. The van der Waals surface area contributed by atoms with E-state index >= 15 is 0 Å². The van der Waals surface area contributed by atoms with Gasteiger partial charge in [-0.3, -0.25) is 0 Å². The maximum absolute atomic E-state index is 6.03. The summed E-state index contributed by atoms with van der Waals surface area (Å²) in [5.41, 5.74) is 13.0. The summed E-state index contributed by atoms with van der Waals surface area (Å²) >= 11 is 0. The Hall–Kier alpha value is -3.14. The summed E-state index contributed by atoms with van der Waals surface area (Å²) in [6.45, 7) is 0. The summed E-state index contributed by atoms with van der Waals surface area (Å²) in [6.07, 6.45) is 0. The smallest absolute Gasteiger partial charge is 0.152 e. The number of rotatable bonds is 4. The lowest BCUT2D eigenvalue weighted by atomic mass is 10.2. The first-order valence-electron chi connectivity index (χ1n) is 6.87. The van der Waals surface area contributed by atoms with Gasteiger partial charge < -0.3 is 20.9 Å². The van der Waals surface area contributed by atoms with Crippen molar-refractivity contribution in [1.29, 1.82) is 0 Å². The second-order valence-electron chi connectivity index (χ2n) is 4.76. The van der Waals surface area contributed by atoms with Crippen LogP contribution in [0, 0.1) is 0 Å². The Labute approximate surface area is 128 Å². The van der Waals surface area contributed by atoms with Crippen LogP contribution in [0.25, 0.3) is 0 Å². The molecule has 0 unspecified atom stereocenters. The predicted octanol–water partition coefficient (Wildman–Crippen LogP) is 4.44. The lowest BCUT2D eigenvalue weighted by Gasteiger charge is -2.13. The molecule has 0 heterocycles. The minimum atomic E-state index is 0.462. The van der Waals surface area contributed by atoms with Crippen LogP contribution in [0.1, 0.15) is 0 Å². The topological polar surface area (TPSA) is 70.5 Å². The van der Waals surface area contributed by atoms with E-state index in [0.29, 0.717) is 34.4 Å². The SMILES string of the molecule is Nc1cc(Oc2ccccc2)c(N)cc1Oc1ccccc1. The molecule has 0 bridgehead atoms. The molecule has 0 spiro atoms. The molecule has 0 aliphatic heterocycles. The molecule has 4 heteroatoms. The van der Waals surface area contributed by atoms with Crippen LogP contribution >= 0.6 is 0 Å². The van der Waals surface area contributed by atoms with Crippen molar-refractivity contribution < 1.29 is 9.47 Å². The van der Waals surface area contributed by atoms with Gasteiger partial charge in [0, 0.05) is 12.1 Å². The maximum atomic E-state index is 6.03. The van der Waals surface area contributed by atoms with Gasteiger partial charge in [0.1, 0.15) is 11.5 Å². The number of anilines is 2. The highest BCUT2D eigenvalue weighted by atomic mass is 16.5. The van der Waals surface area contributed by atoms with Gasteiger partial charge in [-0.1, -0.05) is 36.4 Å². The zero-order chi connectivity index (χ0) is 15.4. The summed E-state index contributed by atoms with van der Waals surface area (Å²) in [4.78, 5) is 0. The molecule has 0 radical (unpaired) electrons. The number of ether oxygens (including phenoxy) is 2. The van der Waals surface area contributed by atoms with E-state index in [1.807, 2.05) is 60.7 Å². The fourth-order valence-electron chi connectivity index (χ4n) is 2.00. The van der Waals surface area contributed by atoms with Crippen molar-refractivity contribution in [2.75, 3.05) is 11.5 Å². The van der Waals surface area contributed by atoms with Crippen LogP contribution in [0.15, 0.2) is 72.8 Å². The first-order valence-corrected chi connectivity index (χ1v) is 6.87. The number of nitrogen functional groups attached to an aromatic ring is 2. The van der Waals surface area contributed by atoms with Crippen molar-refractivity contribution in [1.82, 2.24) is 0 Å². The van der Waals surface area contributed by atoms with E-state index in [-0.39, 0.29) is 0 Å². The van der Waals surface area contributed by atoms with Gasteiger partial charge >= 0.3 is 0 Å². The maximum Gasteiger partial charge on any atom is 0.152 e. The van der Waals surface area contributed by atoms with Crippen molar-refractivity contribution in [3.8, 4) is 23.0 Å². The van der Waals surface area contributed by atoms with Crippen LogP contribution in [0.4, 0.5) is 11.4 Å². The highest BCUT2D eigenvalue weighted by molar-refractivity contribution is 5.68. The fourth-order valence-corrected chi connectivity index (χ4v) is 2.00. The molecule has 0 aliphatic carbocycles. The molecule has 4 nitrogen and oxygen atoms in total. The minimum absolute atomic E-state index is 0.462. The van der Waals surface area contributed by atoms with Crippen molar-refractivity contribution in [2.24, 2.45) is 0 Å². The van der Waals surface area contributed by atoms with E-state index < -0.39 is 0 Å². The normalized spacial score (nSPS) is 10.2. The van der Waals surface area contributed by atoms with E-state index in [1.165, 1.54) is 0 Å². The van der Waals surface area contributed by atoms with Crippen LogP contribution in [0.5, 0.6) is 23.0 Å². The Morgan fingerprint density at radius 1 is 0.545 bits per heavy atom. The van der Waals surface area contributed by atoms with Gasteiger partial charge in [-0.05, 0) is 24.3 Å². The Kier molecular flexibility index (Phi) is 3.83. The summed E-state index contributed by atoms with van der Waals surface area (Å²) in [7, 11) is 0. The Morgan fingerprint density at radius 2 is 0.909 bits per heavy atom. The molecule has 4 N–H and O–H groups in total. The van der Waals surface area contributed by atoms with E-state index in [0.717, 1.165) is 0 Å². The van der Waals surface area contributed by atoms with Crippen LogP contribution < -0.4 is 20.9 Å². The molecule has 110 valence electrons. The second-order valence-corrected chi connectivity index (χ2v) is 4.76. The third-order valence-electron chi connectivity index (χ3n) is 3.08. The molecule has 0 aliphatic rings. The summed E-state index contributed by atoms with van der Waals surface area (Å²) in [5, 5.41) is 0. The zero-order valence-electron chi connectivity index (χ0n) is 11.9. The molecule has 3 aromatic rings. The molecule has 0 aromatic heterocycles. The van der Waals surface area contributed by atoms with Crippen molar-refractivity contribution in [3.63, 3.8) is 0 Å². The van der Waals surface area contributed by atoms with E-state index in [4.69, 9.17) is 20.9 Å². The number of benzene rings is 3. The Bertz CT molecular complexity index is 692. The first kappa shape index (κ1) is 13.8. The fraction of sp³-hybridized carbons (Fsp3) is 0. The second kappa shape index (κ2) is 6.10. The van der Waals surface area contributed by atoms with Crippen molar-refractivity contribution >= 4 is 11.4 Å². The van der Waals surface area contributed by atoms with Gasteiger partial charge in [0.05, 0.1) is 11.4 Å². The van der Waals surface area contributed by atoms with Crippen molar-refractivity contribution in [2.45, 2.75) is 0 Å². The Morgan fingerprint density at radius 3 is 1.27 bits per heavy atom. The lowest BCUT2D eigenvalue weighted by molar-refractivity contribution is 0.473. The molecule has 0 saturated heterocycles. The van der Waals surface area contributed by atoms with Crippen LogP contribution in [0.2, 0.25) is 0 Å². The average Bonchev–Trinajstić information content (AvgIpc) is 2.54. The third kappa shape index (κ3) is 3.12. The molecule has 0 amide bonds. The van der Waals surface area contributed by atoms with E-state index in [2.05, 4.69) is 0 Å². The lowest BCUT2D eigenvalue weighted by Crippen LogP contribution is -1.98. The van der Waals surface area contributed by atoms with Crippen LogP contribution in [-0.4, -0.2) is 0 Å². The molecule has 3 aromatic carbocycles. The number of nitrogens with two attached hydrogens (primary N) is 2. The van der Waals surface area contributed by atoms with E-state index in [9.17, 15) is 0 Å². The van der Waals surface area contributed by atoms with Gasteiger partial charge in [0.2, 0.25) is 0 Å². The van der Waals surface area contributed by atoms with Gasteiger partial charge in [-0.2, -0.15) is 0 Å². The number of hydrogen-bond acceptors (Lipinski definition) is 4. The molecule has 0 saturated carbocycles. The molecular weight excluding hydrogens is 276 g/mol. The predicted molar refractivity (Wildman–Crippen MR) is 88.3 cm³/mol. The summed E-state index contributed by atoms with van der Waals surface area (Å²) in [6, 6.07) is 22.1. The quantitative estimate of drug-likeness (QED) is 0.698. The molecule has 22 heavy (non-hydrogen) atoms. The minimum Gasteiger partial charge on any atom is -0.455 e. The molecule has 3 rings (SSSR count). The molecule has 0 atom stereocenters. The number of hydrogen-bond donors (Lipinski definition) is 2. The van der Waals surface area contributed by atoms with Crippen molar-refractivity contribution in [3.05, 3.63) is 72.8 Å². The summed E-state index contributed by atoms with van der Waals surface area (Å²) in [5.74, 6) is 2.41. The highest BCUT2D eigenvalue weighted by Gasteiger charge is 2.10. The van der Waals surface area contributed by atoms with E-state index in [1.54, 1.807) is 12.1 Å². The average molecular weight is 292 g/mol. The Balaban J connectivity index is 1.85. The van der Waals surface area contributed by atoms with Crippen LogP contribution in [0.3, 0.4) is 0 Å². The standard InChI is InChI=1S/C18H16N2O2/c19-15-12-18(22-14-9-5-2-6-10-14)16(20)11-17(15)21-13-7-3-1-4-8-13/h1-12H,19-20H2. The zero-order valence-corrected chi connectivity index (χ0v) is 11.9. The van der Waals surface area contributed by atoms with Gasteiger partial charge in [-0.15, -0.1) is 0 Å². The largest absolute Gasteiger partial charge is 0.455 e.